The Kier molecular flexibility index (Phi) is 4.02. The van der Waals surface area contributed by atoms with Crippen LogP contribution in [0, 0.1) is 6.92 Å². The number of hydrogen-bond donors (Lipinski definition) is 1. The first kappa shape index (κ1) is 15.1. The molecule has 5 nitrogen and oxygen atoms in total. The zero-order valence-electron chi connectivity index (χ0n) is 13.4. The second kappa shape index (κ2) is 6.12. The zero-order chi connectivity index (χ0) is 16.4. The Morgan fingerprint density at radius 2 is 1.96 bits per heavy atom. The monoisotopic (exact) mass is 309 g/mol. The Morgan fingerprint density at radius 1 is 1.22 bits per heavy atom. The molecule has 0 spiro atoms. The van der Waals surface area contributed by atoms with E-state index in [9.17, 15) is 4.79 Å². The van der Waals surface area contributed by atoms with Gasteiger partial charge in [0.15, 0.2) is 5.76 Å². The maximum absolute atomic E-state index is 12.3. The zero-order valence-corrected chi connectivity index (χ0v) is 13.4. The van der Waals surface area contributed by atoms with E-state index in [0.717, 1.165) is 11.1 Å². The van der Waals surface area contributed by atoms with Crippen molar-refractivity contribution in [2.45, 2.75) is 19.9 Å². The van der Waals surface area contributed by atoms with E-state index in [1.165, 1.54) is 5.56 Å². The first-order chi connectivity index (χ1) is 11.0. The highest BCUT2D eigenvalue weighted by Crippen LogP contribution is 2.23. The van der Waals surface area contributed by atoms with Gasteiger partial charge >= 0.3 is 0 Å². The van der Waals surface area contributed by atoms with Gasteiger partial charge in [-0.2, -0.15) is 5.10 Å². The smallest absolute Gasteiger partial charge is 0.287 e. The summed E-state index contributed by atoms with van der Waals surface area (Å²) < 4.78 is 7.39. The molecule has 1 atom stereocenters. The highest BCUT2D eigenvalue weighted by molar-refractivity contribution is 5.92. The summed E-state index contributed by atoms with van der Waals surface area (Å²) in [6.07, 6.45) is 3.62. The van der Waals surface area contributed by atoms with Crippen molar-refractivity contribution in [3.8, 4) is 11.3 Å². The molecule has 0 saturated heterocycles. The molecule has 0 aliphatic heterocycles. The molecule has 2 heterocycles. The molecule has 23 heavy (non-hydrogen) atoms. The van der Waals surface area contributed by atoms with Gasteiger partial charge in [0.05, 0.1) is 12.2 Å². The third-order valence-electron chi connectivity index (χ3n) is 3.74. The fourth-order valence-electron chi connectivity index (χ4n) is 2.35. The minimum atomic E-state index is -0.236. The van der Waals surface area contributed by atoms with Crippen molar-refractivity contribution in [1.82, 2.24) is 15.1 Å². The summed E-state index contributed by atoms with van der Waals surface area (Å²) in [4.78, 5) is 12.3. The third-order valence-corrected chi connectivity index (χ3v) is 3.74. The van der Waals surface area contributed by atoms with Gasteiger partial charge in [-0.3, -0.25) is 9.48 Å². The minimum Gasteiger partial charge on any atom is -0.451 e. The molecule has 2 aromatic heterocycles. The molecule has 1 amide bonds. The highest BCUT2D eigenvalue weighted by atomic mass is 16.3. The quantitative estimate of drug-likeness (QED) is 0.802. The number of furan rings is 1. The maximum Gasteiger partial charge on any atom is 0.287 e. The molecule has 3 aromatic rings. The van der Waals surface area contributed by atoms with Gasteiger partial charge in [-0.05, 0) is 26.0 Å². The van der Waals surface area contributed by atoms with Crippen molar-refractivity contribution in [2.24, 2.45) is 7.05 Å². The Hall–Kier alpha value is -2.82. The van der Waals surface area contributed by atoms with Crippen molar-refractivity contribution >= 4 is 5.91 Å². The van der Waals surface area contributed by atoms with E-state index in [4.69, 9.17) is 4.42 Å². The number of carbonyl (C=O) groups excluding carboxylic acids is 1. The number of amides is 1. The number of benzene rings is 1. The van der Waals surface area contributed by atoms with Gasteiger partial charge in [-0.25, -0.2) is 0 Å². The molecular weight excluding hydrogens is 290 g/mol. The highest BCUT2D eigenvalue weighted by Gasteiger charge is 2.16. The van der Waals surface area contributed by atoms with Crippen molar-refractivity contribution in [3.63, 3.8) is 0 Å². The first-order valence-corrected chi connectivity index (χ1v) is 7.49. The van der Waals surface area contributed by atoms with E-state index < -0.39 is 0 Å². The lowest BCUT2D eigenvalue weighted by Gasteiger charge is -2.10. The fraction of sp³-hybridized carbons (Fsp3) is 0.222. The predicted molar refractivity (Wildman–Crippen MR) is 88.0 cm³/mol. The van der Waals surface area contributed by atoms with E-state index in [1.54, 1.807) is 16.9 Å². The molecule has 0 fully saturated rings. The van der Waals surface area contributed by atoms with Gasteiger partial charge in [0.25, 0.3) is 5.91 Å². The summed E-state index contributed by atoms with van der Waals surface area (Å²) >= 11 is 0. The van der Waals surface area contributed by atoms with Gasteiger partial charge in [0.1, 0.15) is 5.76 Å². The number of nitrogens with zero attached hydrogens (tertiary/aromatic N) is 2. The van der Waals surface area contributed by atoms with E-state index in [-0.39, 0.29) is 11.9 Å². The van der Waals surface area contributed by atoms with Crippen LogP contribution in [0.5, 0.6) is 0 Å². The molecule has 0 bridgehead atoms. The lowest BCUT2D eigenvalue weighted by atomic mass is 10.1. The molecule has 0 saturated carbocycles. The minimum absolute atomic E-state index is 0.135. The number of aromatic nitrogens is 2. The molecule has 1 N–H and O–H groups in total. The average Bonchev–Trinajstić information content (AvgIpc) is 3.17. The predicted octanol–water partition coefficient (Wildman–Crippen LogP) is 3.48. The Balaban J connectivity index is 1.72. The molecule has 118 valence electrons. The molecule has 1 aromatic carbocycles. The van der Waals surface area contributed by atoms with E-state index >= 15 is 0 Å². The second-order valence-electron chi connectivity index (χ2n) is 5.67. The molecule has 0 aliphatic rings. The van der Waals surface area contributed by atoms with Gasteiger partial charge in [0, 0.05) is 24.4 Å². The van der Waals surface area contributed by atoms with Crippen molar-refractivity contribution in [3.05, 3.63) is 65.7 Å². The van der Waals surface area contributed by atoms with E-state index in [2.05, 4.69) is 10.4 Å². The standard InChI is InChI=1S/C18H19N3O2/c1-12-4-6-14(7-5-12)16-8-9-17(23-16)18(22)20-13(2)15-10-19-21(3)11-15/h4-11,13H,1-3H3,(H,20,22)/t13-/m0/s1. The summed E-state index contributed by atoms with van der Waals surface area (Å²) in [7, 11) is 1.85. The summed E-state index contributed by atoms with van der Waals surface area (Å²) in [5.74, 6) is 0.750. The molecule has 0 aliphatic carbocycles. The van der Waals surface area contributed by atoms with E-state index in [1.807, 2.05) is 57.4 Å². The molecule has 3 rings (SSSR count). The van der Waals surface area contributed by atoms with Gasteiger partial charge < -0.3 is 9.73 Å². The summed E-state index contributed by atoms with van der Waals surface area (Å²) in [5.41, 5.74) is 3.09. The van der Waals surface area contributed by atoms with Crippen molar-refractivity contribution in [1.29, 1.82) is 0 Å². The van der Waals surface area contributed by atoms with Crippen LogP contribution >= 0.6 is 0 Å². The van der Waals surface area contributed by atoms with Crippen LogP contribution in [0.1, 0.15) is 34.6 Å². The topological polar surface area (TPSA) is 60.1 Å². The summed E-state index contributed by atoms with van der Waals surface area (Å²) in [5, 5.41) is 7.02. The molecule has 0 unspecified atom stereocenters. The largest absolute Gasteiger partial charge is 0.451 e. The van der Waals surface area contributed by atoms with E-state index in [0.29, 0.717) is 11.5 Å². The van der Waals surface area contributed by atoms with Crippen molar-refractivity contribution in [2.75, 3.05) is 0 Å². The molecule has 0 radical (unpaired) electrons. The molecule has 5 heteroatoms. The fourth-order valence-corrected chi connectivity index (χ4v) is 2.35. The van der Waals surface area contributed by atoms with Gasteiger partial charge in [0.2, 0.25) is 0 Å². The normalized spacial score (nSPS) is 12.1. The number of rotatable bonds is 4. The second-order valence-corrected chi connectivity index (χ2v) is 5.67. The lowest BCUT2D eigenvalue weighted by molar-refractivity contribution is 0.0912. The van der Waals surface area contributed by atoms with Crippen LogP contribution in [0.4, 0.5) is 0 Å². The van der Waals surface area contributed by atoms with Crippen LogP contribution in [0.2, 0.25) is 0 Å². The van der Waals surface area contributed by atoms with Crippen LogP contribution in [0.25, 0.3) is 11.3 Å². The number of nitrogens with one attached hydrogen (secondary N) is 1. The Labute approximate surface area is 134 Å². The summed E-state index contributed by atoms with van der Waals surface area (Å²) in [6, 6.07) is 11.4. The lowest BCUT2D eigenvalue weighted by Crippen LogP contribution is -2.26. The number of carbonyl (C=O) groups is 1. The Bertz CT molecular complexity index is 815. The molecular formula is C18H19N3O2. The number of hydrogen-bond acceptors (Lipinski definition) is 3. The summed E-state index contributed by atoms with van der Waals surface area (Å²) in [6.45, 7) is 3.95. The number of aryl methyl sites for hydroxylation is 2. The van der Waals surface area contributed by atoms with Gasteiger partial charge in [-0.1, -0.05) is 29.8 Å². The van der Waals surface area contributed by atoms with Gasteiger partial charge in [-0.15, -0.1) is 0 Å². The van der Waals surface area contributed by atoms with Crippen LogP contribution in [0.15, 0.2) is 53.2 Å². The average molecular weight is 309 g/mol. The van der Waals surface area contributed by atoms with Crippen LogP contribution in [-0.2, 0) is 7.05 Å². The SMILES string of the molecule is Cc1ccc(-c2ccc(C(=O)N[C@@H](C)c3cnn(C)c3)o2)cc1. The maximum atomic E-state index is 12.3. The first-order valence-electron chi connectivity index (χ1n) is 7.49. The van der Waals surface area contributed by atoms with Crippen LogP contribution < -0.4 is 5.32 Å². The van der Waals surface area contributed by atoms with Crippen LogP contribution in [0.3, 0.4) is 0 Å². The Morgan fingerprint density at radius 3 is 2.61 bits per heavy atom. The van der Waals surface area contributed by atoms with Crippen LogP contribution in [-0.4, -0.2) is 15.7 Å². The van der Waals surface area contributed by atoms with Crippen molar-refractivity contribution < 1.29 is 9.21 Å². The third kappa shape index (κ3) is 3.34.